The predicted octanol–water partition coefficient (Wildman–Crippen LogP) is 0.358. The third kappa shape index (κ3) is 3.02. The number of benzene rings is 1. The van der Waals surface area contributed by atoms with Crippen molar-refractivity contribution in [2.45, 2.75) is 24.3 Å². The van der Waals surface area contributed by atoms with E-state index in [2.05, 4.69) is 0 Å². The number of carboxylic acid groups (broad SMARTS) is 1. The number of nitrogens with zero attached hydrogens (tertiary/aromatic N) is 1. The second-order valence-electron chi connectivity index (χ2n) is 5.21. The van der Waals surface area contributed by atoms with Crippen molar-refractivity contribution in [2.75, 3.05) is 18.8 Å². The second kappa shape index (κ2) is 5.63. The van der Waals surface area contributed by atoms with Crippen LogP contribution in [0.2, 0.25) is 0 Å². The lowest BCUT2D eigenvalue weighted by molar-refractivity contribution is 0.0696. The summed E-state index contributed by atoms with van der Waals surface area (Å²) < 4.78 is 26.3. The molecule has 2 rings (SSSR count). The molecule has 0 amide bonds. The Morgan fingerprint density at radius 2 is 2.14 bits per heavy atom. The number of carboxylic acids is 1. The molecule has 0 bridgehead atoms. The number of nitrogens with two attached hydrogens (primary N) is 1. The van der Waals surface area contributed by atoms with E-state index in [4.69, 9.17) is 10.8 Å². The highest BCUT2D eigenvalue weighted by molar-refractivity contribution is 7.89. The van der Waals surface area contributed by atoms with Crippen molar-refractivity contribution in [3.63, 3.8) is 0 Å². The lowest BCUT2D eigenvalue weighted by atomic mass is 10.0. The van der Waals surface area contributed by atoms with Crippen molar-refractivity contribution >= 4 is 21.7 Å². The Kier molecular flexibility index (Phi) is 4.22. The Balaban J connectivity index is 2.31. The standard InChI is InChI=1S/C13H18N2O5S/c1-8(16)10-4-5-15(7-10)21(19,20)12-3-2-9(13(17)18)6-11(12)14/h2-3,6,8,10,16H,4-5,7,14H2,1H3,(H,17,18). The van der Waals surface area contributed by atoms with Gasteiger partial charge >= 0.3 is 5.97 Å². The maximum atomic E-state index is 12.5. The number of rotatable bonds is 4. The van der Waals surface area contributed by atoms with E-state index in [1.54, 1.807) is 6.92 Å². The minimum atomic E-state index is -3.77. The van der Waals surface area contributed by atoms with E-state index >= 15 is 0 Å². The first-order valence-electron chi connectivity index (χ1n) is 6.54. The van der Waals surface area contributed by atoms with Gasteiger partial charge in [-0.15, -0.1) is 0 Å². The maximum Gasteiger partial charge on any atom is 0.335 e. The number of hydrogen-bond acceptors (Lipinski definition) is 5. The smallest absolute Gasteiger partial charge is 0.335 e. The average Bonchev–Trinajstić information content (AvgIpc) is 2.88. The van der Waals surface area contributed by atoms with E-state index < -0.39 is 22.1 Å². The molecule has 1 heterocycles. The molecule has 0 aliphatic carbocycles. The molecule has 0 spiro atoms. The molecule has 0 radical (unpaired) electrons. The van der Waals surface area contributed by atoms with Gasteiger partial charge < -0.3 is 15.9 Å². The van der Waals surface area contributed by atoms with Crippen LogP contribution in [0.1, 0.15) is 23.7 Å². The Bertz CT molecular complexity index is 657. The van der Waals surface area contributed by atoms with E-state index in [0.29, 0.717) is 13.0 Å². The van der Waals surface area contributed by atoms with Crippen LogP contribution in [0.25, 0.3) is 0 Å². The van der Waals surface area contributed by atoms with Crippen molar-refractivity contribution in [1.29, 1.82) is 0 Å². The van der Waals surface area contributed by atoms with Gasteiger partial charge in [-0.2, -0.15) is 4.31 Å². The van der Waals surface area contributed by atoms with Gasteiger partial charge in [-0.1, -0.05) is 0 Å². The highest BCUT2D eigenvalue weighted by Crippen LogP contribution is 2.29. The largest absolute Gasteiger partial charge is 0.478 e. The molecule has 0 aromatic heterocycles. The number of nitrogen functional groups attached to an aromatic ring is 1. The topological polar surface area (TPSA) is 121 Å². The first kappa shape index (κ1) is 15.7. The summed E-state index contributed by atoms with van der Waals surface area (Å²) in [6.07, 6.45) is 0.0150. The summed E-state index contributed by atoms with van der Waals surface area (Å²) in [7, 11) is -3.77. The van der Waals surface area contributed by atoms with Gasteiger partial charge in [-0.05, 0) is 37.5 Å². The molecular weight excluding hydrogens is 296 g/mol. The highest BCUT2D eigenvalue weighted by atomic mass is 32.2. The first-order valence-corrected chi connectivity index (χ1v) is 7.98. The van der Waals surface area contributed by atoms with Gasteiger partial charge in [-0.25, -0.2) is 13.2 Å². The van der Waals surface area contributed by atoms with Crippen LogP contribution in [0.15, 0.2) is 23.1 Å². The van der Waals surface area contributed by atoms with Gasteiger partial charge in [0, 0.05) is 13.1 Å². The molecule has 0 saturated carbocycles. The van der Waals surface area contributed by atoms with Gasteiger partial charge in [-0.3, -0.25) is 0 Å². The highest BCUT2D eigenvalue weighted by Gasteiger charge is 2.35. The Labute approximate surface area is 123 Å². The van der Waals surface area contributed by atoms with Crippen LogP contribution in [0.5, 0.6) is 0 Å². The number of aliphatic hydroxyl groups is 1. The number of aromatic carboxylic acids is 1. The molecule has 1 fully saturated rings. The molecule has 21 heavy (non-hydrogen) atoms. The summed E-state index contributed by atoms with van der Waals surface area (Å²) in [5.41, 5.74) is 5.54. The minimum Gasteiger partial charge on any atom is -0.478 e. The van der Waals surface area contributed by atoms with Crippen LogP contribution < -0.4 is 5.73 Å². The molecule has 4 N–H and O–H groups in total. The molecule has 1 aromatic rings. The molecular formula is C13H18N2O5S. The third-order valence-corrected chi connectivity index (χ3v) is 5.68. The molecule has 1 saturated heterocycles. The quantitative estimate of drug-likeness (QED) is 0.690. The fourth-order valence-electron chi connectivity index (χ4n) is 2.42. The average molecular weight is 314 g/mol. The molecule has 1 aliphatic heterocycles. The Morgan fingerprint density at radius 3 is 2.62 bits per heavy atom. The molecule has 1 aliphatic rings. The lowest BCUT2D eigenvalue weighted by Crippen LogP contribution is -2.31. The number of carbonyl (C=O) groups is 1. The fraction of sp³-hybridized carbons (Fsp3) is 0.462. The number of anilines is 1. The van der Waals surface area contributed by atoms with Crippen molar-refractivity contribution in [3.8, 4) is 0 Å². The summed E-state index contributed by atoms with van der Waals surface area (Å²) in [4.78, 5) is 10.7. The summed E-state index contributed by atoms with van der Waals surface area (Å²) in [5.74, 6) is -1.26. The molecule has 2 atom stereocenters. The molecule has 7 nitrogen and oxygen atoms in total. The Morgan fingerprint density at radius 1 is 1.48 bits per heavy atom. The summed E-state index contributed by atoms with van der Waals surface area (Å²) in [5, 5.41) is 18.4. The molecule has 2 unspecified atom stereocenters. The van der Waals surface area contributed by atoms with E-state index in [1.807, 2.05) is 0 Å². The van der Waals surface area contributed by atoms with Crippen molar-refractivity contribution < 1.29 is 23.4 Å². The number of sulfonamides is 1. The molecule has 8 heteroatoms. The summed E-state index contributed by atoms with van der Waals surface area (Å²) >= 11 is 0. The van der Waals surface area contributed by atoms with Crippen LogP contribution >= 0.6 is 0 Å². The van der Waals surface area contributed by atoms with Crippen LogP contribution in [0.3, 0.4) is 0 Å². The zero-order chi connectivity index (χ0) is 15.8. The number of aliphatic hydroxyl groups excluding tert-OH is 1. The maximum absolute atomic E-state index is 12.5. The lowest BCUT2D eigenvalue weighted by Gasteiger charge is -2.18. The van der Waals surface area contributed by atoms with Crippen LogP contribution in [0, 0.1) is 5.92 Å². The zero-order valence-corrected chi connectivity index (χ0v) is 12.4. The molecule has 1 aromatic carbocycles. The van der Waals surface area contributed by atoms with Crippen molar-refractivity contribution in [2.24, 2.45) is 5.92 Å². The SMILES string of the molecule is CC(O)C1CCN(S(=O)(=O)c2ccc(C(=O)O)cc2N)C1. The van der Waals surface area contributed by atoms with Gasteiger partial charge in [0.25, 0.3) is 0 Å². The van der Waals surface area contributed by atoms with Gasteiger partial charge in [0.2, 0.25) is 10.0 Å². The van der Waals surface area contributed by atoms with Gasteiger partial charge in [0.05, 0.1) is 17.4 Å². The third-order valence-electron chi connectivity index (χ3n) is 3.74. The fourth-order valence-corrected chi connectivity index (χ4v) is 4.03. The van der Waals surface area contributed by atoms with E-state index in [1.165, 1.54) is 16.4 Å². The normalized spacial score (nSPS) is 21.3. The van der Waals surface area contributed by atoms with Crippen LogP contribution in [0.4, 0.5) is 5.69 Å². The minimum absolute atomic E-state index is 0.0604. The van der Waals surface area contributed by atoms with Crippen LogP contribution in [-0.4, -0.2) is 48.1 Å². The molecule has 116 valence electrons. The monoisotopic (exact) mass is 314 g/mol. The van der Waals surface area contributed by atoms with E-state index in [0.717, 1.165) is 6.07 Å². The predicted molar refractivity (Wildman–Crippen MR) is 76.4 cm³/mol. The van der Waals surface area contributed by atoms with Crippen molar-refractivity contribution in [3.05, 3.63) is 23.8 Å². The van der Waals surface area contributed by atoms with E-state index in [9.17, 15) is 18.3 Å². The van der Waals surface area contributed by atoms with Crippen LogP contribution in [-0.2, 0) is 10.0 Å². The van der Waals surface area contributed by atoms with Gasteiger partial charge in [0.1, 0.15) is 4.90 Å². The second-order valence-corrected chi connectivity index (χ2v) is 7.12. The summed E-state index contributed by atoms with van der Waals surface area (Å²) in [6.45, 7) is 2.19. The van der Waals surface area contributed by atoms with Gasteiger partial charge in [0.15, 0.2) is 0 Å². The first-order chi connectivity index (χ1) is 9.73. The summed E-state index contributed by atoms with van der Waals surface area (Å²) in [6, 6.07) is 3.56. The number of hydrogen-bond donors (Lipinski definition) is 3. The Hall–Kier alpha value is -1.64. The zero-order valence-electron chi connectivity index (χ0n) is 11.6. The van der Waals surface area contributed by atoms with E-state index in [-0.39, 0.29) is 28.6 Å². The van der Waals surface area contributed by atoms with Crippen molar-refractivity contribution in [1.82, 2.24) is 4.31 Å².